The molecule has 2 aromatic rings. The number of rotatable bonds is 5. The van der Waals surface area contributed by atoms with Gasteiger partial charge < -0.3 is 5.32 Å². The van der Waals surface area contributed by atoms with E-state index in [1.807, 2.05) is 17.9 Å². The van der Waals surface area contributed by atoms with Gasteiger partial charge in [0.1, 0.15) is 11.6 Å². The summed E-state index contributed by atoms with van der Waals surface area (Å²) in [7, 11) is 0. The number of nitrogens with one attached hydrogen (secondary N) is 1. The van der Waals surface area contributed by atoms with Crippen molar-refractivity contribution in [2.24, 2.45) is 0 Å². The van der Waals surface area contributed by atoms with Gasteiger partial charge in [0.05, 0.1) is 6.42 Å². The van der Waals surface area contributed by atoms with Gasteiger partial charge in [0.15, 0.2) is 0 Å². The molecule has 1 amide bonds. The van der Waals surface area contributed by atoms with E-state index in [2.05, 4.69) is 29.6 Å². The Bertz CT molecular complexity index is 784. The average Bonchev–Trinajstić information content (AvgIpc) is 3.00. The molecule has 0 saturated carbocycles. The SMILES string of the molecule is Cc1nc(C2CCNCC2)nc2c1CC(=O)N2CCCc1ccccc1. The third kappa shape index (κ3) is 3.49. The molecule has 2 aliphatic rings. The van der Waals surface area contributed by atoms with E-state index >= 15 is 0 Å². The van der Waals surface area contributed by atoms with Gasteiger partial charge in [-0.3, -0.25) is 9.69 Å². The zero-order valence-electron chi connectivity index (χ0n) is 15.4. The van der Waals surface area contributed by atoms with Crippen LogP contribution in [0.15, 0.2) is 30.3 Å². The van der Waals surface area contributed by atoms with E-state index in [9.17, 15) is 4.79 Å². The molecule has 1 N–H and O–H groups in total. The van der Waals surface area contributed by atoms with Crippen LogP contribution in [0, 0.1) is 6.92 Å². The molecule has 5 nitrogen and oxygen atoms in total. The van der Waals surface area contributed by atoms with Crippen LogP contribution in [0.4, 0.5) is 5.82 Å². The smallest absolute Gasteiger partial charge is 0.232 e. The van der Waals surface area contributed by atoms with Crippen LogP contribution < -0.4 is 10.2 Å². The lowest BCUT2D eigenvalue weighted by Gasteiger charge is -2.23. The van der Waals surface area contributed by atoms with Gasteiger partial charge >= 0.3 is 0 Å². The summed E-state index contributed by atoms with van der Waals surface area (Å²) in [5.74, 6) is 2.35. The van der Waals surface area contributed by atoms with Gasteiger partial charge in [-0.15, -0.1) is 0 Å². The third-order valence-corrected chi connectivity index (χ3v) is 5.49. The Morgan fingerprint density at radius 2 is 1.92 bits per heavy atom. The van der Waals surface area contributed by atoms with Crippen LogP contribution in [0.25, 0.3) is 0 Å². The van der Waals surface area contributed by atoms with Crippen LogP contribution in [-0.2, 0) is 17.6 Å². The number of anilines is 1. The molecule has 0 unspecified atom stereocenters. The molecule has 1 aromatic heterocycles. The average molecular weight is 350 g/mol. The lowest BCUT2D eigenvalue weighted by Crippen LogP contribution is -2.30. The zero-order valence-corrected chi connectivity index (χ0v) is 15.4. The molecule has 0 radical (unpaired) electrons. The summed E-state index contributed by atoms with van der Waals surface area (Å²) < 4.78 is 0. The van der Waals surface area contributed by atoms with Gasteiger partial charge in [-0.1, -0.05) is 30.3 Å². The standard InChI is InChI=1S/C21H26N4O/c1-15-18-14-19(26)25(13-5-8-16-6-3-2-4-7-16)21(18)24-20(23-15)17-9-11-22-12-10-17/h2-4,6-7,17,22H,5,8-14H2,1H3. The number of carbonyl (C=O) groups excluding carboxylic acids is 1. The first-order valence-electron chi connectivity index (χ1n) is 9.65. The summed E-state index contributed by atoms with van der Waals surface area (Å²) in [4.78, 5) is 24.1. The van der Waals surface area contributed by atoms with Gasteiger partial charge in [0, 0.05) is 23.7 Å². The minimum Gasteiger partial charge on any atom is -0.317 e. The maximum atomic E-state index is 12.6. The van der Waals surface area contributed by atoms with E-state index in [0.717, 1.165) is 68.2 Å². The van der Waals surface area contributed by atoms with Gasteiger partial charge in [0.2, 0.25) is 5.91 Å². The number of aromatic nitrogens is 2. The van der Waals surface area contributed by atoms with Gasteiger partial charge in [-0.05, 0) is 51.3 Å². The zero-order chi connectivity index (χ0) is 17.9. The van der Waals surface area contributed by atoms with E-state index < -0.39 is 0 Å². The molecular weight excluding hydrogens is 324 g/mol. The van der Waals surface area contributed by atoms with E-state index in [4.69, 9.17) is 9.97 Å². The fraction of sp³-hybridized carbons (Fsp3) is 0.476. The number of carbonyl (C=O) groups is 1. The van der Waals surface area contributed by atoms with Crippen LogP contribution in [-0.4, -0.2) is 35.5 Å². The maximum absolute atomic E-state index is 12.6. The molecule has 4 rings (SSSR count). The normalized spacial score (nSPS) is 17.6. The predicted octanol–water partition coefficient (Wildman–Crippen LogP) is 2.77. The predicted molar refractivity (Wildman–Crippen MR) is 102 cm³/mol. The number of benzene rings is 1. The molecule has 0 aliphatic carbocycles. The van der Waals surface area contributed by atoms with E-state index in [-0.39, 0.29) is 5.91 Å². The molecule has 0 bridgehead atoms. The van der Waals surface area contributed by atoms with Crippen molar-refractivity contribution < 1.29 is 4.79 Å². The number of amides is 1. The third-order valence-electron chi connectivity index (χ3n) is 5.49. The molecule has 1 fully saturated rings. The summed E-state index contributed by atoms with van der Waals surface area (Å²) in [6.07, 6.45) is 4.51. The second-order valence-electron chi connectivity index (χ2n) is 7.30. The molecule has 2 aliphatic heterocycles. The molecule has 136 valence electrons. The molecule has 1 aromatic carbocycles. The molecule has 26 heavy (non-hydrogen) atoms. The highest BCUT2D eigenvalue weighted by molar-refractivity contribution is 6.00. The first-order valence-corrected chi connectivity index (χ1v) is 9.65. The minimum atomic E-state index is 0.160. The van der Waals surface area contributed by atoms with Gasteiger partial charge in [-0.25, -0.2) is 9.97 Å². The second kappa shape index (κ2) is 7.54. The van der Waals surface area contributed by atoms with Crippen LogP contribution in [0.1, 0.15) is 47.8 Å². The molecular formula is C21H26N4O. The van der Waals surface area contributed by atoms with Crippen LogP contribution in [0.5, 0.6) is 0 Å². The Kier molecular flexibility index (Phi) is 4.98. The first kappa shape index (κ1) is 17.2. The van der Waals surface area contributed by atoms with Crippen LogP contribution >= 0.6 is 0 Å². The fourth-order valence-electron chi connectivity index (χ4n) is 3.98. The highest BCUT2D eigenvalue weighted by Gasteiger charge is 2.32. The van der Waals surface area contributed by atoms with Crippen molar-refractivity contribution in [1.29, 1.82) is 0 Å². The quantitative estimate of drug-likeness (QED) is 0.901. The van der Waals surface area contributed by atoms with Gasteiger partial charge in [-0.2, -0.15) is 0 Å². The Hall–Kier alpha value is -2.27. The number of hydrogen-bond donors (Lipinski definition) is 1. The van der Waals surface area contributed by atoms with Crippen molar-refractivity contribution in [3.8, 4) is 0 Å². The summed E-state index contributed by atoms with van der Waals surface area (Å²) in [5.41, 5.74) is 3.31. The lowest BCUT2D eigenvalue weighted by atomic mass is 9.97. The number of aryl methyl sites for hydroxylation is 2. The van der Waals surface area contributed by atoms with Crippen LogP contribution in [0.2, 0.25) is 0 Å². The van der Waals surface area contributed by atoms with Crippen molar-refractivity contribution in [2.45, 2.75) is 44.9 Å². The van der Waals surface area contributed by atoms with Crippen molar-refractivity contribution in [3.05, 3.63) is 53.0 Å². The number of nitrogens with zero attached hydrogens (tertiary/aromatic N) is 3. The van der Waals surface area contributed by atoms with Crippen molar-refractivity contribution in [3.63, 3.8) is 0 Å². The van der Waals surface area contributed by atoms with Gasteiger partial charge in [0.25, 0.3) is 0 Å². The Labute approximate surface area is 154 Å². The van der Waals surface area contributed by atoms with Crippen molar-refractivity contribution >= 4 is 11.7 Å². The maximum Gasteiger partial charge on any atom is 0.232 e. The largest absolute Gasteiger partial charge is 0.317 e. The summed E-state index contributed by atoms with van der Waals surface area (Å²) in [5, 5.41) is 3.39. The lowest BCUT2D eigenvalue weighted by molar-refractivity contribution is -0.117. The van der Waals surface area contributed by atoms with Crippen LogP contribution in [0.3, 0.4) is 0 Å². The second-order valence-corrected chi connectivity index (χ2v) is 7.30. The van der Waals surface area contributed by atoms with Crippen molar-refractivity contribution in [1.82, 2.24) is 15.3 Å². The topological polar surface area (TPSA) is 58.1 Å². The molecule has 1 saturated heterocycles. The Balaban J connectivity index is 1.51. The number of hydrogen-bond acceptors (Lipinski definition) is 4. The summed E-state index contributed by atoms with van der Waals surface area (Å²) in [6, 6.07) is 10.4. The molecule has 0 spiro atoms. The Morgan fingerprint density at radius 1 is 1.15 bits per heavy atom. The van der Waals surface area contributed by atoms with E-state index in [1.54, 1.807) is 0 Å². The van der Waals surface area contributed by atoms with Crippen molar-refractivity contribution in [2.75, 3.05) is 24.5 Å². The summed E-state index contributed by atoms with van der Waals surface area (Å²) in [6.45, 7) is 4.78. The molecule has 3 heterocycles. The highest BCUT2D eigenvalue weighted by Crippen LogP contribution is 2.32. The first-order chi connectivity index (χ1) is 12.7. The molecule has 0 atom stereocenters. The Morgan fingerprint density at radius 3 is 2.69 bits per heavy atom. The molecule has 5 heteroatoms. The van der Waals surface area contributed by atoms with E-state index in [0.29, 0.717) is 12.3 Å². The number of fused-ring (bicyclic) bond motifs is 1. The highest BCUT2D eigenvalue weighted by atomic mass is 16.2. The minimum absolute atomic E-state index is 0.160. The summed E-state index contributed by atoms with van der Waals surface area (Å²) >= 11 is 0. The number of piperidine rings is 1. The van der Waals surface area contributed by atoms with E-state index in [1.165, 1.54) is 5.56 Å². The monoisotopic (exact) mass is 350 g/mol. The fourth-order valence-corrected chi connectivity index (χ4v) is 3.98.